The summed E-state index contributed by atoms with van der Waals surface area (Å²) in [7, 11) is 0. The molecule has 3 unspecified atom stereocenters. The summed E-state index contributed by atoms with van der Waals surface area (Å²) < 4.78 is 5.14. The van der Waals surface area contributed by atoms with E-state index in [1.54, 1.807) is 0 Å². The van der Waals surface area contributed by atoms with Crippen molar-refractivity contribution in [3.8, 4) is 0 Å². The fraction of sp³-hybridized carbons (Fsp3) is 0.941. The SMILES string of the molecule is CCOC(=O)C1CCC(NC2CCCC(C)C2C)CC1. The van der Waals surface area contributed by atoms with Crippen LogP contribution in [-0.4, -0.2) is 24.7 Å². The molecule has 0 aliphatic heterocycles. The van der Waals surface area contributed by atoms with E-state index < -0.39 is 0 Å². The fourth-order valence-electron chi connectivity index (χ4n) is 3.88. The molecule has 0 radical (unpaired) electrons. The van der Waals surface area contributed by atoms with Crippen LogP contribution in [0.2, 0.25) is 0 Å². The number of rotatable bonds is 4. The Balaban J connectivity index is 1.75. The second-order valence-electron chi connectivity index (χ2n) is 6.84. The van der Waals surface area contributed by atoms with E-state index in [9.17, 15) is 4.79 Å². The first kappa shape index (κ1) is 15.8. The van der Waals surface area contributed by atoms with Crippen molar-refractivity contribution in [2.24, 2.45) is 17.8 Å². The summed E-state index contributed by atoms with van der Waals surface area (Å²) in [5, 5.41) is 3.88. The number of carbonyl (C=O) groups is 1. The van der Waals surface area contributed by atoms with Crippen molar-refractivity contribution in [3.05, 3.63) is 0 Å². The van der Waals surface area contributed by atoms with Crippen LogP contribution < -0.4 is 5.32 Å². The molecule has 2 saturated carbocycles. The van der Waals surface area contributed by atoms with Crippen LogP contribution in [0.15, 0.2) is 0 Å². The van der Waals surface area contributed by atoms with Crippen LogP contribution >= 0.6 is 0 Å². The number of carbonyl (C=O) groups excluding carboxylic acids is 1. The molecule has 20 heavy (non-hydrogen) atoms. The molecule has 0 bridgehead atoms. The molecule has 0 aromatic heterocycles. The van der Waals surface area contributed by atoms with E-state index in [1.165, 1.54) is 19.3 Å². The van der Waals surface area contributed by atoms with Gasteiger partial charge < -0.3 is 10.1 Å². The lowest BCUT2D eigenvalue weighted by Crippen LogP contribution is -2.47. The van der Waals surface area contributed by atoms with Crippen molar-refractivity contribution in [2.45, 2.75) is 77.8 Å². The van der Waals surface area contributed by atoms with Gasteiger partial charge in [-0.1, -0.05) is 26.7 Å². The van der Waals surface area contributed by atoms with Crippen molar-refractivity contribution >= 4 is 5.97 Å². The van der Waals surface area contributed by atoms with Gasteiger partial charge in [-0.25, -0.2) is 0 Å². The zero-order valence-corrected chi connectivity index (χ0v) is 13.4. The monoisotopic (exact) mass is 281 g/mol. The maximum Gasteiger partial charge on any atom is 0.308 e. The van der Waals surface area contributed by atoms with Gasteiger partial charge in [0.25, 0.3) is 0 Å². The molecular formula is C17H31NO2. The number of hydrogen-bond donors (Lipinski definition) is 1. The van der Waals surface area contributed by atoms with Crippen LogP contribution in [0.1, 0.15) is 65.7 Å². The van der Waals surface area contributed by atoms with E-state index in [2.05, 4.69) is 19.2 Å². The third kappa shape index (κ3) is 3.97. The molecule has 0 amide bonds. The van der Waals surface area contributed by atoms with Crippen LogP contribution in [0, 0.1) is 17.8 Å². The summed E-state index contributed by atoms with van der Waals surface area (Å²) >= 11 is 0. The summed E-state index contributed by atoms with van der Waals surface area (Å²) in [6.07, 6.45) is 8.31. The Morgan fingerprint density at radius 3 is 2.45 bits per heavy atom. The van der Waals surface area contributed by atoms with Gasteiger partial charge >= 0.3 is 5.97 Å². The zero-order chi connectivity index (χ0) is 14.5. The Morgan fingerprint density at radius 1 is 1.10 bits per heavy atom. The molecule has 0 aromatic rings. The van der Waals surface area contributed by atoms with Gasteiger partial charge in [-0.3, -0.25) is 4.79 Å². The third-order valence-corrected chi connectivity index (χ3v) is 5.50. The molecular weight excluding hydrogens is 250 g/mol. The minimum Gasteiger partial charge on any atom is -0.466 e. The average Bonchev–Trinajstić information content (AvgIpc) is 2.45. The molecule has 3 heteroatoms. The number of ether oxygens (including phenoxy) is 1. The van der Waals surface area contributed by atoms with Gasteiger partial charge in [0.1, 0.15) is 0 Å². The minimum absolute atomic E-state index is 0.0191. The molecule has 3 nitrogen and oxygen atoms in total. The molecule has 2 aliphatic carbocycles. The van der Waals surface area contributed by atoms with Crippen molar-refractivity contribution in [1.82, 2.24) is 5.32 Å². The van der Waals surface area contributed by atoms with Gasteiger partial charge in [0.05, 0.1) is 12.5 Å². The van der Waals surface area contributed by atoms with Crippen molar-refractivity contribution in [3.63, 3.8) is 0 Å². The van der Waals surface area contributed by atoms with E-state index in [1.807, 2.05) is 6.92 Å². The summed E-state index contributed by atoms with van der Waals surface area (Å²) in [5.41, 5.74) is 0. The summed E-state index contributed by atoms with van der Waals surface area (Å²) in [4.78, 5) is 11.7. The smallest absolute Gasteiger partial charge is 0.308 e. The zero-order valence-electron chi connectivity index (χ0n) is 13.4. The number of nitrogens with one attached hydrogen (secondary N) is 1. The molecule has 0 heterocycles. The maximum absolute atomic E-state index is 11.7. The highest BCUT2D eigenvalue weighted by atomic mass is 16.5. The van der Waals surface area contributed by atoms with Crippen molar-refractivity contribution in [2.75, 3.05) is 6.61 Å². The molecule has 1 N–H and O–H groups in total. The van der Waals surface area contributed by atoms with E-state index in [0.717, 1.165) is 37.5 Å². The molecule has 3 atom stereocenters. The highest BCUT2D eigenvalue weighted by Crippen LogP contribution is 2.32. The van der Waals surface area contributed by atoms with E-state index in [-0.39, 0.29) is 11.9 Å². The molecule has 0 saturated heterocycles. The van der Waals surface area contributed by atoms with Gasteiger partial charge in [-0.2, -0.15) is 0 Å². The quantitative estimate of drug-likeness (QED) is 0.801. The lowest BCUT2D eigenvalue weighted by atomic mass is 9.77. The summed E-state index contributed by atoms with van der Waals surface area (Å²) in [6, 6.07) is 1.29. The van der Waals surface area contributed by atoms with E-state index in [0.29, 0.717) is 18.7 Å². The van der Waals surface area contributed by atoms with Crippen molar-refractivity contribution < 1.29 is 9.53 Å². The molecule has 0 spiro atoms. The van der Waals surface area contributed by atoms with Gasteiger partial charge in [0.15, 0.2) is 0 Å². The van der Waals surface area contributed by atoms with Crippen LogP contribution in [0.3, 0.4) is 0 Å². The Hall–Kier alpha value is -0.570. The highest BCUT2D eigenvalue weighted by molar-refractivity contribution is 5.72. The largest absolute Gasteiger partial charge is 0.466 e. The standard InChI is InChI=1S/C17H31NO2/c1-4-20-17(19)14-8-10-15(11-9-14)18-16-7-5-6-12(2)13(16)3/h12-16,18H,4-11H2,1-3H3. The normalized spacial score (nSPS) is 38.5. The summed E-state index contributed by atoms with van der Waals surface area (Å²) in [6.45, 7) is 7.17. The Bertz CT molecular complexity index is 310. The average molecular weight is 281 g/mol. The molecule has 2 aliphatic rings. The first-order chi connectivity index (χ1) is 9.61. The highest BCUT2D eigenvalue weighted by Gasteiger charge is 2.32. The first-order valence-corrected chi connectivity index (χ1v) is 8.54. The van der Waals surface area contributed by atoms with Gasteiger partial charge in [0, 0.05) is 12.1 Å². The first-order valence-electron chi connectivity index (χ1n) is 8.54. The topological polar surface area (TPSA) is 38.3 Å². The van der Waals surface area contributed by atoms with E-state index in [4.69, 9.17) is 4.74 Å². The van der Waals surface area contributed by atoms with Gasteiger partial charge in [-0.15, -0.1) is 0 Å². The maximum atomic E-state index is 11.7. The van der Waals surface area contributed by atoms with E-state index >= 15 is 0 Å². The Labute approximate surface area is 123 Å². The second-order valence-corrected chi connectivity index (χ2v) is 6.84. The van der Waals surface area contributed by atoms with Crippen LogP contribution in [0.5, 0.6) is 0 Å². The molecule has 116 valence electrons. The van der Waals surface area contributed by atoms with Gasteiger partial charge in [0.2, 0.25) is 0 Å². The number of hydrogen-bond acceptors (Lipinski definition) is 3. The lowest BCUT2D eigenvalue weighted by molar-refractivity contribution is -0.149. The van der Waals surface area contributed by atoms with Crippen LogP contribution in [0.25, 0.3) is 0 Å². The molecule has 2 fully saturated rings. The second kappa shape index (κ2) is 7.44. The predicted molar refractivity (Wildman–Crippen MR) is 81.5 cm³/mol. The molecule has 0 aromatic carbocycles. The summed E-state index contributed by atoms with van der Waals surface area (Å²) in [5.74, 6) is 1.80. The Morgan fingerprint density at radius 2 is 1.80 bits per heavy atom. The lowest BCUT2D eigenvalue weighted by Gasteiger charge is -2.39. The minimum atomic E-state index is 0.0191. The third-order valence-electron chi connectivity index (χ3n) is 5.50. The van der Waals surface area contributed by atoms with Crippen molar-refractivity contribution in [1.29, 1.82) is 0 Å². The van der Waals surface area contributed by atoms with Crippen LogP contribution in [0.4, 0.5) is 0 Å². The fourth-order valence-corrected chi connectivity index (χ4v) is 3.88. The van der Waals surface area contributed by atoms with Gasteiger partial charge in [-0.05, 0) is 50.9 Å². The van der Waals surface area contributed by atoms with Crippen LogP contribution in [-0.2, 0) is 9.53 Å². The Kier molecular flexibility index (Phi) is 5.88. The molecule has 2 rings (SSSR count). The predicted octanol–water partition coefficient (Wildman–Crippen LogP) is 3.52. The number of esters is 1.